The second-order valence-electron chi connectivity index (χ2n) is 8.72. The SMILES string of the molecule is CC(C)(C)CC(O)CC(=O)N1CCN(S(=O)(=O)N2CCCCCC2)CC1. The molecule has 2 heterocycles. The summed E-state index contributed by atoms with van der Waals surface area (Å²) in [5.74, 6) is -0.0893. The van der Waals surface area contributed by atoms with Gasteiger partial charge < -0.3 is 10.0 Å². The van der Waals surface area contributed by atoms with Crippen molar-refractivity contribution in [3.05, 3.63) is 0 Å². The summed E-state index contributed by atoms with van der Waals surface area (Å²) in [6.45, 7) is 8.76. The summed E-state index contributed by atoms with van der Waals surface area (Å²) >= 11 is 0. The van der Waals surface area contributed by atoms with E-state index in [9.17, 15) is 18.3 Å². The molecule has 0 bridgehead atoms. The van der Waals surface area contributed by atoms with Crippen LogP contribution < -0.4 is 0 Å². The number of rotatable bonds is 5. The van der Waals surface area contributed by atoms with Gasteiger partial charge in [0.15, 0.2) is 0 Å². The molecule has 2 rings (SSSR count). The molecule has 0 aromatic rings. The summed E-state index contributed by atoms with van der Waals surface area (Å²) in [6.07, 6.45) is 4.04. The molecule has 0 aliphatic carbocycles. The molecule has 0 aromatic carbocycles. The van der Waals surface area contributed by atoms with Crippen LogP contribution in [0.4, 0.5) is 0 Å². The summed E-state index contributed by atoms with van der Waals surface area (Å²) in [5, 5.41) is 10.1. The van der Waals surface area contributed by atoms with Crippen LogP contribution in [0.15, 0.2) is 0 Å². The van der Waals surface area contributed by atoms with Crippen molar-refractivity contribution in [1.82, 2.24) is 13.5 Å². The molecule has 1 N–H and O–H groups in total. The highest BCUT2D eigenvalue weighted by Crippen LogP contribution is 2.23. The topological polar surface area (TPSA) is 81.2 Å². The Labute approximate surface area is 158 Å². The molecule has 152 valence electrons. The lowest BCUT2D eigenvalue weighted by Crippen LogP contribution is -2.54. The van der Waals surface area contributed by atoms with Gasteiger partial charge in [-0.25, -0.2) is 0 Å². The van der Waals surface area contributed by atoms with Gasteiger partial charge in [0, 0.05) is 39.3 Å². The molecule has 2 aliphatic heterocycles. The van der Waals surface area contributed by atoms with E-state index in [1.54, 1.807) is 9.21 Å². The molecule has 0 spiro atoms. The zero-order valence-electron chi connectivity index (χ0n) is 16.5. The third-order valence-corrected chi connectivity index (χ3v) is 7.10. The first-order chi connectivity index (χ1) is 12.1. The number of hydrogen-bond acceptors (Lipinski definition) is 4. The largest absolute Gasteiger partial charge is 0.393 e. The van der Waals surface area contributed by atoms with Crippen LogP contribution in [0.3, 0.4) is 0 Å². The molecule has 1 atom stereocenters. The molecule has 2 saturated heterocycles. The Morgan fingerprint density at radius 3 is 1.92 bits per heavy atom. The molecule has 2 aliphatic rings. The van der Waals surface area contributed by atoms with Crippen molar-refractivity contribution >= 4 is 16.1 Å². The Balaban J connectivity index is 1.85. The van der Waals surface area contributed by atoms with Gasteiger partial charge in [-0.3, -0.25) is 4.79 Å². The average molecular weight is 390 g/mol. The highest BCUT2D eigenvalue weighted by atomic mass is 32.2. The third-order valence-electron chi connectivity index (χ3n) is 5.07. The molecular formula is C18H35N3O4S. The first kappa shape index (κ1) is 21.6. The smallest absolute Gasteiger partial charge is 0.282 e. The van der Waals surface area contributed by atoms with Gasteiger partial charge in [-0.05, 0) is 24.7 Å². The van der Waals surface area contributed by atoms with Crippen molar-refractivity contribution in [2.24, 2.45) is 5.41 Å². The highest BCUT2D eigenvalue weighted by molar-refractivity contribution is 7.86. The minimum Gasteiger partial charge on any atom is -0.393 e. The van der Waals surface area contributed by atoms with Gasteiger partial charge in [0.05, 0.1) is 12.5 Å². The van der Waals surface area contributed by atoms with Gasteiger partial charge in [-0.1, -0.05) is 33.6 Å². The maximum atomic E-state index is 12.8. The lowest BCUT2D eigenvalue weighted by Gasteiger charge is -2.37. The summed E-state index contributed by atoms with van der Waals surface area (Å²) in [6, 6.07) is 0. The first-order valence-corrected chi connectivity index (χ1v) is 11.2. The molecule has 1 unspecified atom stereocenters. The van der Waals surface area contributed by atoms with Gasteiger partial charge in [0.1, 0.15) is 0 Å². The number of hydrogen-bond donors (Lipinski definition) is 1. The summed E-state index contributed by atoms with van der Waals surface area (Å²) in [4.78, 5) is 14.1. The predicted molar refractivity (Wildman–Crippen MR) is 102 cm³/mol. The molecule has 1 amide bonds. The lowest BCUT2D eigenvalue weighted by atomic mass is 9.88. The zero-order chi connectivity index (χ0) is 19.4. The predicted octanol–water partition coefficient (Wildman–Crippen LogP) is 1.44. The van der Waals surface area contributed by atoms with E-state index in [0.717, 1.165) is 25.7 Å². The number of aliphatic hydroxyl groups excluding tert-OH is 1. The second kappa shape index (κ2) is 8.99. The van der Waals surface area contributed by atoms with Crippen molar-refractivity contribution in [3.63, 3.8) is 0 Å². The minimum absolute atomic E-state index is 0.0281. The molecule has 8 heteroatoms. The fraction of sp³-hybridized carbons (Fsp3) is 0.944. The molecule has 0 radical (unpaired) electrons. The number of piperazine rings is 1. The van der Waals surface area contributed by atoms with E-state index in [1.165, 1.54) is 4.31 Å². The molecule has 7 nitrogen and oxygen atoms in total. The van der Waals surface area contributed by atoms with Crippen LogP contribution >= 0.6 is 0 Å². The van der Waals surface area contributed by atoms with Crippen LogP contribution in [0.5, 0.6) is 0 Å². The van der Waals surface area contributed by atoms with Gasteiger partial charge in [-0.15, -0.1) is 0 Å². The van der Waals surface area contributed by atoms with Crippen molar-refractivity contribution in [2.45, 2.75) is 65.4 Å². The fourth-order valence-corrected chi connectivity index (χ4v) is 5.38. The summed E-state index contributed by atoms with van der Waals surface area (Å²) in [5.41, 5.74) is -0.0281. The third kappa shape index (κ3) is 6.18. The number of carbonyl (C=O) groups excluding carboxylic acids is 1. The first-order valence-electron chi connectivity index (χ1n) is 9.81. The monoisotopic (exact) mass is 389 g/mol. The fourth-order valence-electron chi connectivity index (χ4n) is 3.71. The van der Waals surface area contributed by atoms with E-state index in [0.29, 0.717) is 45.7 Å². The van der Waals surface area contributed by atoms with E-state index >= 15 is 0 Å². The Morgan fingerprint density at radius 1 is 0.923 bits per heavy atom. The Kier molecular flexibility index (Phi) is 7.47. The van der Waals surface area contributed by atoms with Crippen LogP contribution in [0, 0.1) is 5.41 Å². The van der Waals surface area contributed by atoms with Crippen LogP contribution in [-0.4, -0.2) is 78.3 Å². The highest BCUT2D eigenvalue weighted by Gasteiger charge is 2.34. The molecule has 2 fully saturated rings. The Hall–Kier alpha value is -0.700. The normalized spacial score (nSPS) is 22.8. The van der Waals surface area contributed by atoms with Crippen LogP contribution in [0.25, 0.3) is 0 Å². The number of amides is 1. The zero-order valence-corrected chi connectivity index (χ0v) is 17.3. The van der Waals surface area contributed by atoms with Crippen LogP contribution in [0.2, 0.25) is 0 Å². The Bertz CT molecular complexity index is 557. The van der Waals surface area contributed by atoms with E-state index in [2.05, 4.69) is 0 Å². The van der Waals surface area contributed by atoms with Crippen molar-refractivity contribution in [2.75, 3.05) is 39.3 Å². The Morgan fingerprint density at radius 2 is 1.42 bits per heavy atom. The van der Waals surface area contributed by atoms with E-state index in [4.69, 9.17) is 0 Å². The van der Waals surface area contributed by atoms with Gasteiger partial charge in [0.2, 0.25) is 5.91 Å². The lowest BCUT2D eigenvalue weighted by molar-refractivity contribution is -0.134. The van der Waals surface area contributed by atoms with Crippen molar-refractivity contribution < 1.29 is 18.3 Å². The maximum absolute atomic E-state index is 12.8. The summed E-state index contributed by atoms with van der Waals surface area (Å²) in [7, 11) is -3.43. The van der Waals surface area contributed by atoms with E-state index in [1.807, 2.05) is 20.8 Å². The van der Waals surface area contributed by atoms with Crippen LogP contribution in [0.1, 0.15) is 59.3 Å². The number of carbonyl (C=O) groups is 1. The van der Waals surface area contributed by atoms with Crippen LogP contribution in [-0.2, 0) is 15.0 Å². The number of nitrogens with zero attached hydrogens (tertiary/aromatic N) is 3. The molecule has 0 aromatic heterocycles. The number of aliphatic hydroxyl groups is 1. The van der Waals surface area contributed by atoms with Gasteiger partial charge in [-0.2, -0.15) is 17.0 Å². The van der Waals surface area contributed by atoms with Crippen molar-refractivity contribution in [1.29, 1.82) is 0 Å². The standard InChI is InChI=1S/C18H35N3O4S/c1-18(2,3)15-16(22)14-17(23)19-10-12-21(13-11-19)26(24,25)20-8-6-4-5-7-9-20/h16,22H,4-15H2,1-3H3. The molecular weight excluding hydrogens is 354 g/mol. The molecule has 26 heavy (non-hydrogen) atoms. The molecule has 0 saturated carbocycles. The van der Waals surface area contributed by atoms with E-state index < -0.39 is 16.3 Å². The van der Waals surface area contributed by atoms with Gasteiger partial charge >= 0.3 is 0 Å². The van der Waals surface area contributed by atoms with Crippen molar-refractivity contribution in [3.8, 4) is 0 Å². The van der Waals surface area contributed by atoms with Gasteiger partial charge in [0.25, 0.3) is 10.2 Å². The minimum atomic E-state index is -3.43. The maximum Gasteiger partial charge on any atom is 0.282 e. The van der Waals surface area contributed by atoms with E-state index in [-0.39, 0.29) is 17.7 Å². The summed E-state index contributed by atoms with van der Waals surface area (Å²) < 4.78 is 28.7. The average Bonchev–Trinajstić information content (AvgIpc) is 2.82. The second-order valence-corrected chi connectivity index (χ2v) is 10.7. The quantitative estimate of drug-likeness (QED) is 0.771.